The van der Waals surface area contributed by atoms with Crippen LogP contribution in [0.3, 0.4) is 0 Å². The van der Waals surface area contributed by atoms with Crippen molar-refractivity contribution in [2.45, 2.75) is 40.2 Å². The van der Waals surface area contributed by atoms with Gasteiger partial charge in [0, 0.05) is 19.0 Å². The van der Waals surface area contributed by atoms with E-state index in [-0.39, 0.29) is 5.91 Å². The molecule has 0 aliphatic carbocycles. The summed E-state index contributed by atoms with van der Waals surface area (Å²) in [6.07, 6.45) is 1.55. The minimum Gasteiger partial charge on any atom is -0.339 e. The molecule has 5 heteroatoms. The monoisotopic (exact) mass is 269 g/mol. The summed E-state index contributed by atoms with van der Waals surface area (Å²) in [4.78, 5) is 18.6. The molecular formula is C13H23N3OS. The van der Waals surface area contributed by atoms with E-state index in [0.29, 0.717) is 13.1 Å². The molecule has 0 saturated carbocycles. The first-order chi connectivity index (χ1) is 8.49. The first kappa shape index (κ1) is 15.1. The summed E-state index contributed by atoms with van der Waals surface area (Å²) >= 11 is 1.61. The summed E-state index contributed by atoms with van der Waals surface area (Å²) in [7, 11) is 1.83. The van der Waals surface area contributed by atoms with Crippen molar-refractivity contribution >= 4 is 17.2 Å². The number of thiazole rings is 1. The van der Waals surface area contributed by atoms with Crippen molar-refractivity contribution in [1.29, 1.82) is 0 Å². The van der Waals surface area contributed by atoms with E-state index in [1.807, 2.05) is 33.2 Å². The molecule has 1 aromatic rings. The first-order valence-electron chi connectivity index (χ1n) is 6.35. The summed E-state index contributed by atoms with van der Waals surface area (Å²) in [5.74, 6) is 0.126. The van der Waals surface area contributed by atoms with Crippen molar-refractivity contribution in [3.63, 3.8) is 0 Å². The number of hydrogen-bond acceptors (Lipinski definition) is 4. The summed E-state index contributed by atoms with van der Waals surface area (Å²) in [5.41, 5.74) is 6.34. The summed E-state index contributed by atoms with van der Waals surface area (Å²) in [6, 6.07) is 0. The lowest BCUT2D eigenvalue weighted by molar-refractivity contribution is -0.141. The average Bonchev–Trinajstić information content (AvgIpc) is 2.77. The highest BCUT2D eigenvalue weighted by atomic mass is 32.1. The largest absolute Gasteiger partial charge is 0.339 e. The van der Waals surface area contributed by atoms with Crippen molar-refractivity contribution < 1.29 is 4.79 Å². The van der Waals surface area contributed by atoms with E-state index < -0.39 is 5.41 Å². The molecule has 1 aromatic heterocycles. The number of nitrogens with two attached hydrogens (primary N) is 1. The molecule has 0 radical (unpaired) electrons. The maximum Gasteiger partial charge on any atom is 0.230 e. The van der Waals surface area contributed by atoms with Gasteiger partial charge in [-0.15, -0.1) is 11.3 Å². The third-order valence-electron chi connectivity index (χ3n) is 3.61. The maximum absolute atomic E-state index is 12.5. The molecule has 0 bridgehead atoms. The number of aromatic nitrogens is 1. The Bertz CT molecular complexity index is 390. The average molecular weight is 269 g/mol. The number of rotatable bonds is 6. The molecule has 0 aromatic carbocycles. The number of carbonyl (C=O) groups excluding carboxylic acids is 1. The summed E-state index contributed by atoms with van der Waals surface area (Å²) < 4.78 is 0. The molecule has 1 amide bonds. The molecule has 0 aliphatic rings. The van der Waals surface area contributed by atoms with Crippen LogP contribution in [-0.2, 0) is 11.3 Å². The lowest BCUT2D eigenvalue weighted by atomic mass is 9.81. The predicted octanol–water partition coefficient (Wildman–Crippen LogP) is 2.18. The van der Waals surface area contributed by atoms with E-state index in [4.69, 9.17) is 5.73 Å². The van der Waals surface area contributed by atoms with Crippen LogP contribution < -0.4 is 5.73 Å². The van der Waals surface area contributed by atoms with Crippen LogP contribution in [0.25, 0.3) is 0 Å². The topological polar surface area (TPSA) is 59.2 Å². The lowest BCUT2D eigenvalue weighted by Gasteiger charge is -2.33. The van der Waals surface area contributed by atoms with Gasteiger partial charge in [0.05, 0.1) is 22.7 Å². The van der Waals surface area contributed by atoms with Crippen molar-refractivity contribution in [2.75, 3.05) is 13.6 Å². The van der Waals surface area contributed by atoms with Crippen molar-refractivity contribution in [3.05, 3.63) is 16.1 Å². The van der Waals surface area contributed by atoms with Gasteiger partial charge < -0.3 is 10.6 Å². The number of hydrogen-bond donors (Lipinski definition) is 1. The van der Waals surface area contributed by atoms with Crippen LogP contribution in [0.4, 0.5) is 0 Å². The van der Waals surface area contributed by atoms with Crippen molar-refractivity contribution in [3.8, 4) is 0 Å². The molecule has 0 unspecified atom stereocenters. The highest BCUT2D eigenvalue weighted by Crippen LogP contribution is 2.27. The van der Waals surface area contributed by atoms with Gasteiger partial charge in [0.15, 0.2) is 0 Å². The number of amides is 1. The van der Waals surface area contributed by atoms with Crippen LogP contribution in [0.1, 0.15) is 37.4 Å². The van der Waals surface area contributed by atoms with Gasteiger partial charge in [-0.2, -0.15) is 0 Å². The molecule has 0 aliphatic heterocycles. The molecule has 0 saturated heterocycles. The molecule has 102 valence electrons. The van der Waals surface area contributed by atoms with E-state index in [2.05, 4.69) is 4.98 Å². The van der Waals surface area contributed by atoms with Gasteiger partial charge in [0.25, 0.3) is 0 Å². The number of carbonyl (C=O) groups is 1. The third kappa shape index (κ3) is 3.09. The van der Waals surface area contributed by atoms with E-state index in [1.165, 1.54) is 0 Å². The smallest absolute Gasteiger partial charge is 0.230 e. The minimum absolute atomic E-state index is 0.126. The van der Waals surface area contributed by atoms with E-state index in [0.717, 1.165) is 23.5 Å². The fourth-order valence-electron chi connectivity index (χ4n) is 2.13. The third-order valence-corrected chi connectivity index (χ3v) is 4.43. The van der Waals surface area contributed by atoms with Crippen LogP contribution >= 0.6 is 11.3 Å². The Morgan fingerprint density at radius 3 is 2.50 bits per heavy atom. The molecule has 0 spiro atoms. The second kappa shape index (κ2) is 6.29. The van der Waals surface area contributed by atoms with Gasteiger partial charge in [-0.25, -0.2) is 4.98 Å². The van der Waals surface area contributed by atoms with Crippen LogP contribution in [-0.4, -0.2) is 29.4 Å². The maximum atomic E-state index is 12.5. The van der Waals surface area contributed by atoms with Crippen molar-refractivity contribution in [1.82, 2.24) is 9.88 Å². The molecule has 1 heterocycles. The quantitative estimate of drug-likeness (QED) is 0.861. The second-order valence-electron chi connectivity index (χ2n) is 4.71. The Morgan fingerprint density at radius 1 is 1.50 bits per heavy atom. The first-order valence-corrected chi connectivity index (χ1v) is 7.23. The predicted molar refractivity (Wildman–Crippen MR) is 75.4 cm³/mol. The van der Waals surface area contributed by atoms with Crippen LogP contribution in [0.15, 0.2) is 5.38 Å². The molecule has 1 rings (SSSR count). The highest BCUT2D eigenvalue weighted by Gasteiger charge is 2.35. The van der Waals surface area contributed by atoms with Crippen molar-refractivity contribution in [2.24, 2.45) is 11.1 Å². The van der Waals surface area contributed by atoms with E-state index in [9.17, 15) is 4.79 Å². The van der Waals surface area contributed by atoms with E-state index in [1.54, 1.807) is 16.2 Å². The lowest BCUT2D eigenvalue weighted by Crippen LogP contribution is -2.45. The highest BCUT2D eigenvalue weighted by molar-refractivity contribution is 7.09. The van der Waals surface area contributed by atoms with Gasteiger partial charge in [-0.1, -0.05) is 13.8 Å². The zero-order chi connectivity index (χ0) is 13.8. The molecule has 0 fully saturated rings. The van der Waals surface area contributed by atoms with Crippen LogP contribution in [0.2, 0.25) is 0 Å². The van der Waals surface area contributed by atoms with Crippen LogP contribution in [0.5, 0.6) is 0 Å². The summed E-state index contributed by atoms with van der Waals surface area (Å²) in [6.45, 7) is 6.98. The Labute approximate surface area is 113 Å². The summed E-state index contributed by atoms with van der Waals surface area (Å²) in [5, 5.41) is 3.03. The fourth-order valence-corrected chi connectivity index (χ4v) is 2.73. The standard InChI is InChI=1S/C13H23N3OS/c1-5-13(6-2,9-14)12(17)16(4)7-11-8-18-10(3)15-11/h8H,5-7,9,14H2,1-4H3. The molecule has 2 N–H and O–H groups in total. The Hall–Kier alpha value is -0.940. The molecular weight excluding hydrogens is 246 g/mol. The molecule has 0 atom stereocenters. The molecule has 18 heavy (non-hydrogen) atoms. The van der Waals surface area contributed by atoms with Gasteiger partial charge in [-0.05, 0) is 19.8 Å². The van der Waals surface area contributed by atoms with Crippen LogP contribution in [0, 0.1) is 12.3 Å². The van der Waals surface area contributed by atoms with Gasteiger partial charge in [0.1, 0.15) is 0 Å². The van der Waals surface area contributed by atoms with E-state index >= 15 is 0 Å². The normalized spacial score (nSPS) is 11.6. The number of nitrogens with zero attached hydrogens (tertiary/aromatic N) is 2. The Kier molecular flexibility index (Phi) is 5.28. The van der Waals surface area contributed by atoms with Gasteiger partial charge in [-0.3, -0.25) is 4.79 Å². The minimum atomic E-state index is -0.417. The SMILES string of the molecule is CCC(CC)(CN)C(=O)N(C)Cc1csc(C)n1. The fraction of sp³-hybridized carbons (Fsp3) is 0.692. The second-order valence-corrected chi connectivity index (χ2v) is 5.77. The Morgan fingerprint density at radius 2 is 2.11 bits per heavy atom. The molecule has 4 nitrogen and oxygen atoms in total. The van der Waals surface area contributed by atoms with Gasteiger partial charge >= 0.3 is 0 Å². The number of aryl methyl sites for hydroxylation is 1. The zero-order valence-corrected chi connectivity index (χ0v) is 12.5. The van der Waals surface area contributed by atoms with Gasteiger partial charge in [0.2, 0.25) is 5.91 Å². The Balaban J connectivity index is 2.76. The zero-order valence-electron chi connectivity index (χ0n) is 11.7.